The van der Waals surface area contributed by atoms with Gasteiger partial charge in [-0.25, -0.2) is 4.79 Å². The second-order valence-electron chi connectivity index (χ2n) is 4.96. The largest absolute Gasteiger partial charge is 0.334 e. The summed E-state index contributed by atoms with van der Waals surface area (Å²) in [7, 11) is 0. The molecule has 0 radical (unpaired) electrons. The third kappa shape index (κ3) is 3.11. The van der Waals surface area contributed by atoms with Gasteiger partial charge in [0.05, 0.1) is 0 Å². The van der Waals surface area contributed by atoms with Crippen molar-refractivity contribution in [1.82, 2.24) is 5.32 Å². The molecule has 102 valence electrons. The summed E-state index contributed by atoms with van der Waals surface area (Å²) in [5.74, 6) is 0.437. The van der Waals surface area contributed by atoms with Crippen molar-refractivity contribution < 1.29 is 4.79 Å². The number of hydrogen-bond donors (Lipinski definition) is 2. The van der Waals surface area contributed by atoms with Gasteiger partial charge < -0.3 is 10.6 Å². The molecule has 1 fully saturated rings. The summed E-state index contributed by atoms with van der Waals surface area (Å²) in [5.41, 5.74) is 2.02. The number of anilines is 1. The van der Waals surface area contributed by atoms with Gasteiger partial charge in [-0.3, -0.25) is 0 Å². The first-order valence-electron chi connectivity index (χ1n) is 6.60. The molecule has 2 atom stereocenters. The van der Waals surface area contributed by atoms with Crippen LogP contribution in [-0.2, 0) is 0 Å². The van der Waals surface area contributed by atoms with Crippen LogP contribution in [0.5, 0.6) is 0 Å². The van der Waals surface area contributed by atoms with Gasteiger partial charge in [-0.2, -0.15) is 0 Å². The Balaban J connectivity index is 1.52. The molecule has 4 heteroatoms. The number of benzene rings is 2. The fraction of sp³-hybridized carbons (Fsp3) is 0.188. The van der Waals surface area contributed by atoms with Crippen LogP contribution in [0.25, 0.3) is 0 Å². The van der Waals surface area contributed by atoms with Crippen molar-refractivity contribution in [3.63, 3.8) is 0 Å². The van der Waals surface area contributed by atoms with Crippen LogP contribution in [0.15, 0.2) is 54.6 Å². The van der Waals surface area contributed by atoms with Crippen LogP contribution in [0.4, 0.5) is 10.5 Å². The summed E-state index contributed by atoms with van der Waals surface area (Å²) in [4.78, 5) is 11.9. The standard InChI is InChI=1S/C16H15ClN2O/c17-12-6-8-13(9-7-12)18-16(20)19-15-10-14(15)11-4-2-1-3-5-11/h1-9,14-15H,10H2,(H2,18,19,20)/t14-,15+/m0/s1. The lowest BCUT2D eigenvalue weighted by Gasteiger charge is -2.07. The third-order valence-electron chi connectivity index (χ3n) is 3.44. The number of urea groups is 1. The molecule has 0 aromatic heterocycles. The summed E-state index contributed by atoms with van der Waals surface area (Å²) in [5, 5.41) is 6.44. The Morgan fingerprint density at radius 3 is 2.45 bits per heavy atom. The minimum absolute atomic E-state index is 0.171. The third-order valence-corrected chi connectivity index (χ3v) is 3.69. The number of amides is 2. The highest BCUT2D eigenvalue weighted by molar-refractivity contribution is 6.30. The lowest BCUT2D eigenvalue weighted by Crippen LogP contribution is -2.31. The number of halogens is 1. The Labute approximate surface area is 123 Å². The molecule has 1 saturated carbocycles. The van der Waals surface area contributed by atoms with Crippen molar-refractivity contribution in [3.8, 4) is 0 Å². The molecule has 0 saturated heterocycles. The van der Waals surface area contributed by atoms with Crippen molar-refractivity contribution in [2.24, 2.45) is 0 Å². The van der Waals surface area contributed by atoms with E-state index in [-0.39, 0.29) is 12.1 Å². The second-order valence-corrected chi connectivity index (χ2v) is 5.40. The van der Waals surface area contributed by atoms with E-state index in [1.54, 1.807) is 24.3 Å². The average molecular weight is 287 g/mol. The first-order valence-corrected chi connectivity index (χ1v) is 6.98. The molecule has 2 amide bonds. The highest BCUT2D eigenvalue weighted by Gasteiger charge is 2.39. The molecule has 3 rings (SSSR count). The van der Waals surface area contributed by atoms with Gasteiger partial charge in [0.15, 0.2) is 0 Å². The van der Waals surface area contributed by atoms with E-state index < -0.39 is 0 Å². The Kier molecular flexibility index (Phi) is 3.61. The van der Waals surface area contributed by atoms with Crippen molar-refractivity contribution in [2.45, 2.75) is 18.4 Å². The minimum Gasteiger partial charge on any atom is -0.334 e. The molecular formula is C16H15ClN2O. The van der Waals surface area contributed by atoms with Crippen molar-refractivity contribution in [3.05, 3.63) is 65.2 Å². The van der Waals surface area contributed by atoms with Gasteiger partial charge in [0.1, 0.15) is 0 Å². The number of rotatable bonds is 3. The topological polar surface area (TPSA) is 41.1 Å². The van der Waals surface area contributed by atoms with E-state index in [0.29, 0.717) is 10.9 Å². The first kappa shape index (κ1) is 13.0. The first-order chi connectivity index (χ1) is 9.72. The van der Waals surface area contributed by atoms with Crippen LogP contribution in [0.3, 0.4) is 0 Å². The maximum Gasteiger partial charge on any atom is 0.319 e. The quantitative estimate of drug-likeness (QED) is 0.879. The molecule has 2 aromatic carbocycles. The van der Waals surface area contributed by atoms with Gasteiger partial charge in [-0.1, -0.05) is 41.9 Å². The molecule has 0 spiro atoms. The van der Waals surface area contributed by atoms with Crippen LogP contribution in [0.2, 0.25) is 5.02 Å². The van der Waals surface area contributed by atoms with Gasteiger partial charge in [0.25, 0.3) is 0 Å². The SMILES string of the molecule is O=C(Nc1ccc(Cl)cc1)N[C@@H]1C[C@H]1c1ccccc1. The molecule has 0 bridgehead atoms. The van der Waals surface area contributed by atoms with Crippen molar-refractivity contribution in [1.29, 1.82) is 0 Å². The molecule has 2 aromatic rings. The number of nitrogens with one attached hydrogen (secondary N) is 2. The van der Waals surface area contributed by atoms with Gasteiger partial charge >= 0.3 is 6.03 Å². The van der Waals surface area contributed by atoms with Crippen LogP contribution < -0.4 is 10.6 Å². The summed E-state index contributed by atoms with van der Waals surface area (Å²) in [6, 6.07) is 17.4. The van der Waals surface area contributed by atoms with E-state index in [0.717, 1.165) is 12.1 Å². The highest BCUT2D eigenvalue weighted by Crippen LogP contribution is 2.40. The molecule has 0 unspecified atom stereocenters. The number of carbonyl (C=O) groups excluding carboxylic acids is 1. The number of carbonyl (C=O) groups is 1. The predicted octanol–water partition coefficient (Wildman–Crippen LogP) is 4.02. The maximum atomic E-state index is 11.9. The lowest BCUT2D eigenvalue weighted by molar-refractivity contribution is 0.251. The summed E-state index contributed by atoms with van der Waals surface area (Å²) in [6.07, 6.45) is 0.998. The predicted molar refractivity (Wildman–Crippen MR) is 81.2 cm³/mol. The molecule has 1 aliphatic carbocycles. The Morgan fingerprint density at radius 2 is 1.75 bits per heavy atom. The van der Waals surface area contributed by atoms with Gasteiger partial charge in [-0.05, 0) is 36.2 Å². The van der Waals surface area contributed by atoms with E-state index in [4.69, 9.17) is 11.6 Å². The van der Waals surface area contributed by atoms with E-state index in [9.17, 15) is 4.79 Å². The fourth-order valence-electron chi connectivity index (χ4n) is 2.29. The molecule has 0 heterocycles. The highest BCUT2D eigenvalue weighted by atomic mass is 35.5. The normalized spacial score (nSPS) is 20.2. The number of hydrogen-bond acceptors (Lipinski definition) is 1. The second kappa shape index (κ2) is 5.55. The van der Waals surface area contributed by atoms with Crippen molar-refractivity contribution >= 4 is 23.3 Å². The molecule has 20 heavy (non-hydrogen) atoms. The van der Waals surface area contributed by atoms with Gasteiger partial charge in [-0.15, -0.1) is 0 Å². The van der Waals surface area contributed by atoms with Crippen molar-refractivity contribution in [2.75, 3.05) is 5.32 Å². The smallest absolute Gasteiger partial charge is 0.319 e. The minimum atomic E-state index is -0.171. The Bertz CT molecular complexity index is 598. The van der Waals surface area contributed by atoms with Gasteiger partial charge in [0.2, 0.25) is 0 Å². The monoisotopic (exact) mass is 286 g/mol. The fourth-order valence-corrected chi connectivity index (χ4v) is 2.42. The molecule has 0 aliphatic heterocycles. The van der Waals surface area contributed by atoms with Crippen LogP contribution in [-0.4, -0.2) is 12.1 Å². The molecular weight excluding hydrogens is 272 g/mol. The Hall–Kier alpha value is -2.00. The summed E-state index contributed by atoms with van der Waals surface area (Å²) >= 11 is 5.80. The van der Waals surface area contributed by atoms with E-state index in [1.165, 1.54) is 5.56 Å². The zero-order valence-electron chi connectivity index (χ0n) is 10.8. The van der Waals surface area contributed by atoms with Crippen LogP contribution >= 0.6 is 11.6 Å². The van der Waals surface area contributed by atoms with Crippen LogP contribution in [0, 0.1) is 0 Å². The molecule has 3 nitrogen and oxygen atoms in total. The summed E-state index contributed by atoms with van der Waals surface area (Å²) in [6.45, 7) is 0. The average Bonchev–Trinajstić information content (AvgIpc) is 3.21. The van der Waals surface area contributed by atoms with E-state index in [1.807, 2.05) is 18.2 Å². The summed E-state index contributed by atoms with van der Waals surface area (Å²) < 4.78 is 0. The van der Waals surface area contributed by atoms with E-state index >= 15 is 0 Å². The zero-order chi connectivity index (χ0) is 13.9. The lowest BCUT2D eigenvalue weighted by atomic mass is 10.1. The molecule has 2 N–H and O–H groups in total. The van der Waals surface area contributed by atoms with Crippen LogP contribution in [0.1, 0.15) is 17.9 Å². The van der Waals surface area contributed by atoms with Gasteiger partial charge in [0, 0.05) is 22.7 Å². The van der Waals surface area contributed by atoms with E-state index in [2.05, 4.69) is 22.8 Å². The Morgan fingerprint density at radius 1 is 1.05 bits per heavy atom. The maximum absolute atomic E-state index is 11.9. The zero-order valence-corrected chi connectivity index (χ0v) is 11.6. The molecule has 1 aliphatic rings.